The molecule has 2 fully saturated rings. The minimum Gasteiger partial charge on any atom is -0.464 e. The molecule has 2 heterocycles. The second kappa shape index (κ2) is 5.12. The van der Waals surface area contributed by atoms with E-state index in [1.165, 1.54) is 0 Å². The molecule has 2 rings (SSSR count). The van der Waals surface area contributed by atoms with Gasteiger partial charge in [0, 0.05) is 26.1 Å². The van der Waals surface area contributed by atoms with Crippen molar-refractivity contribution in [1.29, 1.82) is 0 Å². The number of hydrogen-bond acceptors (Lipinski definition) is 5. The van der Waals surface area contributed by atoms with Gasteiger partial charge in [-0.3, -0.25) is 9.69 Å². The molecule has 0 saturated carbocycles. The molecule has 0 spiro atoms. The van der Waals surface area contributed by atoms with Crippen molar-refractivity contribution in [3.05, 3.63) is 0 Å². The highest BCUT2D eigenvalue weighted by Gasteiger charge is 2.35. The van der Waals surface area contributed by atoms with E-state index in [-0.39, 0.29) is 18.1 Å². The molecule has 16 heavy (non-hydrogen) atoms. The highest BCUT2D eigenvalue weighted by molar-refractivity contribution is 5.77. The van der Waals surface area contributed by atoms with E-state index in [1.807, 2.05) is 14.1 Å². The van der Waals surface area contributed by atoms with E-state index in [2.05, 4.69) is 9.80 Å². The van der Waals surface area contributed by atoms with Crippen LogP contribution in [-0.2, 0) is 14.3 Å². The van der Waals surface area contributed by atoms with E-state index in [0.717, 1.165) is 26.1 Å². The first kappa shape index (κ1) is 11.8. The predicted molar refractivity (Wildman–Crippen MR) is 59.2 cm³/mol. The third-order valence-corrected chi connectivity index (χ3v) is 3.09. The highest BCUT2D eigenvalue weighted by atomic mass is 16.5. The van der Waals surface area contributed by atoms with Crippen LogP contribution in [-0.4, -0.2) is 74.9 Å². The molecule has 0 unspecified atom stereocenters. The van der Waals surface area contributed by atoms with Crippen molar-refractivity contribution in [2.75, 3.05) is 46.9 Å². The number of ether oxygens (including phenoxy) is 2. The van der Waals surface area contributed by atoms with Crippen LogP contribution < -0.4 is 0 Å². The van der Waals surface area contributed by atoms with E-state index in [4.69, 9.17) is 9.47 Å². The molecule has 2 aliphatic heterocycles. The first-order valence-corrected chi connectivity index (χ1v) is 5.84. The predicted octanol–water partition coefficient (Wildman–Crippen LogP) is -0.436. The standard InChI is InChI=1S/C11H20N2O3/c1-12(2)7-9-8-13(4-6-15-9)10-3-5-16-11(10)14/h9-10H,3-8H2,1-2H3/t9-,10+/m1/s1. The summed E-state index contributed by atoms with van der Waals surface area (Å²) in [5, 5.41) is 0. The largest absolute Gasteiger partial charge is 0.464 e. The SMILES string of the molecule is CN(C)C[C@@H]1CN([C@H]2CCOC2=O)CCO1. The Hall–Kier alpha value is -0.650. The number of carbonyl (C=O) groups is 1. The molecule has 5 nitrogen and oxygen atoms in total. The molecule has 0 amide bonds. The van der Waals surface area contributed by atoms with Crippen LogP contribution in [0.5, 0.6) is 0 Å². The van der Waals surface area contributed by atoms with Crippen LogP contribution >= 0.6 is 0 Å². The van der Waals surface area contributed by atoms with Crippen molar-refractivity contribution < 1.29 is 14.3 Å². The van der Waals surface area contributed by atoms with Crippen molar-refractivity contribution in [2.45, 2.75) is 18.6 Å². The van der Waals surface area contributed by atoms with Crippen molar-refractivity contribution in [3.8, 4) is 0 Å². The summed E-state index contributed by atoms with van der Waals surface area (Å²) in [6.45, 7) is 3.85. The number of likely N-dealkylation sites (N-methyl/N-ethyl adjacent to an activating group) is 1. The third-order valence-electron chi connectivity index (χ3n) is 3.09. The summed E-state index contributed by atoms with van der Waals surface area (Å²) in [7, 11) is 4.07. The quantitative estimate of drug-likeness (QED) is 0.613. The topological polar surface area (TPSA) is 42.0 Å². The number of carbonyl (C=O) groups excluding carboxylic acids is 1. The summed E-state index contributed by atoms with van der Waals surface area (Å²) < 4.78 is 10.7. The van der Waals surface area contributed by atoms with Gasteiger partial charge in [0.05, 0.1) is 19.3 Å². The summed E-state index contributed by atoms with van der Waals surface area (Å²) in [5.74, 6) is -0.0643. The number of morpholine rings is 1. The van der Waals surface area contributed by atoms with Gasteiger partial charge in [-0.25, -0.2) is 0 Å². The molecule has 0 aromatic heterocycles. The van der Waals surface area contributed by atoms with Gasteiger partial charge in [-0.05, 0) is 14.1 Å². The van der Waals surface area contributed by atoms with Crippen LogP contribution in [0.25, 0.3) is 0 Å². The minimum atomic E-state index is -0.0643. The maximum Gasteiger partial charge on any atom is 0.323 e. The number of esters is 1. The molecule has 2 saturated heterocycles. The van der Waals surface area contributed by atoms with Gasteiger partial charge in [-0.15, -0.1) is 0 Å². The molecule has 2 atom stereocenters. The molecule has 92 valence electrons. The summed E-state index contributed by atoms with van der Waals surface area (Å²) in [4.78, 5) is 15.8. The van der Waals surface area contributed by atoms with Gasteiger partial charge in [-0.2, -0.15) is 0 Å². The van der Waals surface area contributed by atoms with E-state index < -0.39 is 0 Å². The Bertz CT molecular complexity index is 258. The fourth-order valence-corrected chi connectivity index (χ4v) is 2.36. The fourth-order valence-electron chi connectivity index (χ4n) is 2.36. The van der Waals surface area contributed by atoms with Gasteiger partial charge in [0.1, 0.15) is 6.04 Å². The Kier molecular flexibility index (Phi) is 3.78. The lowest BCUT2D eigenvalue weighted by atomic mass is 10.1. The molecule has 0 radical (unpaired) electrons. The van der Waals surface area contributed by atoms with Gasteiger partial charge >= 0.3 is 5.97 Å². The van der Waals surface area contributed by atoms with Gasteiger partial charge in [-0.1, -0.05) is 0 Å². The molecule has 5 heteroatoms. The lowest BCUT2D eigenvalue weighted by molar-refractivity contribution is -0.144. The van der Waals surface area contributed by atoms with Gasteiger partial charge in [0.15, 0.2) is 0 Å². The van der Waals surface area contributed by atoms with Crippen LogP contribution in [0.4, 0.5) is 0 Å². The molecule has 0 aromatic rings. The molecular weight excluding hydrogens is 208 g/mol. The maximum atomic E-state index is 11.5. The van der Waals surface area contributed by atoms with Crippen molar-refractivity contribution in [2.24, 2.45) is 0 Å². The Morgan fingerprint density at radius 3 is 2.88 bits per heavy atom. The third kappa shape index (κ3) is 2.72. The first-order chi connectivity index (χ1) is 7.66. The van der Waals surface area contributed by atoms with Crippen LogP contribution in [0.15, 0.2) is 0 Å². The average Bonchev–Trinajstić information content (AvgIpc) is 2.64. The van der Waals surface area contributed by atoms with E-state index in [0.29, 0.717) is 13.2 Å². The maximum absolute atomic E-state index is 11.5. The van der Waals surface area contributed by atoms with Crippen LogP contribution in [0.1, 0.15) is 6.42 Å². The zero-order valence-electron chi connectivity index (χ0n) is 10.0. The summed E-state index contributed by atoms with van der Waals surface area (Å²) >= 11 is 0. The number of cyclic esters (lactones) is 1. The van der Waals surface area contributed by atoms with Gasteiger partial charge in [0.2, 0.25) is 0 Å². The molecule has 0 aliphatic carbocycles. The smallest absolute Gasteiger partial charge is 0.323 e. The van der Waals surface area contributed by atoms with Crippen molar-refractivity contribution >= 4 is 5.97 Å². The van der Waals surface area contributed by atoms with E-state index in [9.17, 15) is 4.79 Å². The van der Waals surface area contributed by atoms with Gasteiger partial charge < -0.3 is 14.4 Å². The number of rotatable bonds is 3. The van der Waals surface area contributed by atoms with E-state index >= 15 is 0 Å². The first-order valence-electron chi connectivity index (χ1n) is 5.84. The van der Waals surface area contributed by atoms with Gasteiger partial charge in [0.25, 0.3) is 0 Å². The average molecular weight is 228 g/mol. The second-order valence-electron chi connectivity index (χ2n) is 4.72. The summed E-state index contributed by atoms with van der Waals surface area (Å²) in [5.41, 5.74) is 0. The Morgan fingerprint density at radius 1 is 1.44 bits per heavy atom. The Morgan fingerprint density at radius 2 is 2.25 bits per heavy atom. The van der Waals surface area contributed by atoms with Crippen molar-refractivity contribution in [3.63, 3.8) is 0 Å². The van der Waals surface area contributed by atoms with E-state index in [1.54, 1.807) is 0 Å². The molecular formula is C11H20N2O3. The minimum absolute atomic E-state index is 0.0337. The Balaban J connectivity index is 1.88. The Labute approximate surface area is 96.3 Å². The zero-order valence-corrected chi connectivity index (χ0v) is 10.0. The molecule has 0 bridgehead atoms. The van der Waals surface area contributed by atoms with Crippen molar-refractivity contribution in [1.82, 2.24) is 9.80 Å². The van der Waals surface area contributed by atoms with Crippen LogP contribution in [0, 0.1) is 0 Å². The molecule has 2 aliphatic rings. The number of hydrogen-bond donors (Lipinski definition) is 0. The summed E-state index contributed by atoms with van der Waals surface area (Å²) in [6.07, 6.45) is 1.03. The van der Waals surface area contributed by atoms with Crippen LogP contribution in [0.2, 0.25) is 0 Å². The lowest BCUT2D eigenvalue weighted by Gasteiger charge is -2.36. The monoisotopic (exact) mass is 228 g/mol. The fraction of sp³-hybridized carbons (Fsp3) is 0.909. The second-order valence-corrected chi connectivity index (χ2v) is 4.72. The summed E-state index contributed by atoms with van der Waals surface area (Å²) in [6, 6.07) is -0.0337. The molecule has 0 N–H and O–H groups in total. The molecule has 0 aromatic carbocycles. The van der Waals surface area contributed by atoms with Crippen LogP contribution in [0.3, 0.4) is 0 Å². The zero-order chi connectivity index (χ0) is 11.5. The highest BCUT2D eigenvalue weighted by Crippen LogP contribution is 2.17. The lowest BCUT2D eigenvalue weighted by Crippen LogP contribution is -2.51. The number of nitrogens with zero attached hydrogens (tertiary/aromatic N) is 2. The normalized spacial score (nSPS) is 32.1.